The van der Waals surface area contributed by atoms with E-state index in [1.807, 2.05) is 12.3 Å². The molecule has 0 bridgehead atoms. The van der Waals surface area contributed by atoms with E-state index in [1.165, 1.54) is 23.5 Å². The van der Waals surface area contributed by atoms with Gasteiger partial charge in [-0.2, -0.15) is 0 Å². The van der Waals surface area contributed by atoms with E-state index in [0.29, 0.717) is 23.6 Å². The van der Waals surface area contributed by atoms with Crippen molar-refractivity contribution < 1.29 is 13.9 Å². The molecule has 1 heterocycles. The number of nitrogens with zero attached hydrogens (tertiary/aromatic N) is 1. The van der Waals surface area contributed by atoms with Gasteiger partial charge in [0.2, 0.25) is 0 Å². The predicted octanol–water partition coefficient (Wildman–Crippen LogP) is 4.42. The van der Waals surface area contributed by atoms with Gasteiger partial charge in [-0.15, -0.1) is 11.3 Å². The molecule has 3 aromatic rings. The van der Waals surface area contributed by atoms with Crippen molar-refractivity contribution >= 4 is 22.9 Å². The third-order valence-electron chi connectivity index (χ3n) is 3.43. The van der Waals surface area contributed by atoms with Crippen LogP contribution in [0.1, 0.15) is 21.6 Å². The molecule has 0 aliphatic heterocycles. The quantitative estimate of drug-likeness (QED) is 0.747. The molecular weight excluding hydrogens is 327 g/mol. The van der Waals surface area contributed by atoms with Gasteiger partial charge in [0.05, 0.1) is 11.2 Å². The van der Waals surface area contributed by atoms with Crippen molar-refractivity contribution in [2.45, 2.75) is 13.5 Å². The maximum Gasteiger partial charge on any atom is 0.255 e. The normalized spacial score (nSPS) is 10.4. The van der Waals surface area contributed by atoms with Crippen LogP contribution in [0.15, 0.2) is 53.4 Å². The zero-order valence-corrected chi connectivity index (χ0v) is 13.8. The summed E-state index contributed by atoms with van der Waals surface area (Å²) in [6.45, 7) is 2.20. The Morgan fingerprint density at radius 3 is 2.75 bits per heavy atom. The summed E-state index contributed by atoms with van der Waals surface area (Å²) in [5.41, 5.74) is 4.35. The van der Waals surface area contributed by atoms with Gasteiger partial charge in [0.25, 0.3) is 5.91 Å². The zero-order chi connectivity index (χ0) is 16.9. The fraction of sp³-hybridized carbons (Fsp3) is 0.111. The van der Waals surface area contributed by atoms with Crippen molar-refractivity contribution in [3.05, 3.63) is 76.0 Å². The van der Waals surface area contributed by atoms with Gasteiger partial charge in [0.15, 0.2) is 0 Å². The highest BCUT2D eigenvalue weighted by Crippen LogP contribution is 2.19. The van der Waals surface area contributed by atoms with Crippen LogP contribution in [0, 0.1) is 12.7 Å². The van der Waals surface area contributed by atoms with E-state index < -0.39 is 0 Å². The lowest BCUT2D eigenvalue weighted by atomic mass is 10.1. The largest absolute Gasteiger partial charge is 0.487 e. The Bertz CT molecular complexity index is 833. The number of aryl methyl sites for hydroxylation is 1. The third kappa shape index (κ3) is 3.97. The fourth-order valence-corrected chi connectivity index (χ4v) is 2.64. The lowest BCUT2D eigenvalue weighted by Gasteiger charge is -2.09. The molecule has 4 nitrogen and oxygen atoms in total. The number of anilines is 1. The summed E-state index contributed by atoms with van der Waals surface area (Å²) < 4.78 is 18.9. The van der Waals surface area contributed by atoms with Gasteiger partial charge in [-0.25, -0.2) is 9.37 Å². The first-order valence-corrected chi connectivity index (χ1v) is 8.23. The Labute approximate surface area is 142 Å². The van der Waals surface area contributed by atoms with Crippen LogP contribution in [-0.4, -0.2) is 10.9 Å². The Morgan fingerprint density at radius 2 is 2.04 bits per heavy atom. The summed E-state index contributed by atoms with van der Waals surface area (Å²) in [6.07, 6.45) is 0. The number of nitrogens with one attached hydrogen (secondary N) is 1. The minimum Gasteiger partial charge on any atom is -0.487 e. The maximum atomic E-state index is 13.3. The van der Waals surface area contributed by atoms with Gasteiger partial charge in [0, 0.05) is 16.6 Å². The number of carbonyl (C=O) groups excluding carboxylic acids is 1. The molecule has 0 saturated heterocycles. The topological polar surface area (TPSA) is 51.2 Å². The first kappa shape index (κ1) is 16.1. The van der Waals surface area contributed by atoms with Crippen LogP contribution in [0.3, 0.4) is 0 Å². The standard InChI is InChI=1S/C18H15FN2O2S/c1-12-2-5-14(19)8-17(12)21-18(22)13-3-6-16(7-4-13)23-9-15-10-24-11-20-15/h2-8,10-11H,9H2,1H3,(H,21,22). The minimum atomic E-state index is -0.387. The summed E-state index contributed by atoms with van der Waals surface area (Å²) >= 11 is 1.51. The van der Waals surface area contributed by atoms with Crippen molar-refractivity contribution in [2.75, 3.05) is 5.32 Å². The van der Waals surface area contributed by atoms with Gasteiger partial charge in [-0.05, 0) is 48.9 Å². The van der Waals surface area contributed by atoms with Crippen LogP contribution in [0.25, 0.3) is 0 Å². The minimum absolute atomic E-state index is 0.297. The van der Waals surface area contributed by atoms with E-state index >= 15 is 0 Å². The Morgan fingerprint density at radius 1 is 1.25 bits per heavy atom. The highest BCUT2D eigenvalue weighted by molar-refractivity contribution is 7.07. The molecule has 122 valence electrons. The molecule has 2 aromatic carbocycles. The summed E-state index contributed by atoms with van der Waals surface area (Å²) in [5, 5.41) is 4.63. The maximum absolute atomic E-state index is 13.3. The van der Waals surface area contributed by atoms with Crippen LogP contribution >= 0.6 is 11.3 Å². The number of carbonyl (C=O) groups is 1. The molecular formula is C18H15FN2O2S. The van der Waals surface area contributed by atoms with E-state index in [0.717, 1.165) is 11.3 Å². The van der Waals surface area contributed by atoms with Crippen LogP contribution in [0.2, 0.25) is 0 Å². The Hall–Kier alpha value is -2.73. The van der Waals surface area contributed by atoms with Crippen molar-refractivity contribution in [2.24, 2.45) is 0 Å². The molecule has 0 atom stereocenters. The third-order valence-corrected chi connectivity index (χ3v) is 4.07. The van der Waals surface area contributed by atoms with Gasteiger partial charge < -0.3 is 10.1 Å². The molecule has 0 aliphatic rings. The molecule has 0 aliphatic carbocycles. The highest BCUT2D eigenvalue weighted by atomic mass is 32.1. The molecule has 6 heteroatoms. The Kier molecular flexibility index (Phi) is 4.86. The number of hydrogen-bond donors (Lipinski definition) is 1. The van der Waals surface area contributed by atoms with Crippen molar-refractivity contribution in [1.82, 2.24) is 4.98 Å². The average Bonchev–Trinajstić information content (AvgIpc) is 3.10. The molecule has 24 heavy (non-hydrogen) atoms. The second kappa shape index (κ2) is 7.23. The smallest absolute Gasteiger partial charge is 0.255 e. The second-order valence-electron chi connectivity index (χ2n) is 5.21. The number of thiazole rings is 1. The molecule has 0 saturated carbocycles. The summed E-state index contributed by atoms with van der Waals surface area (Å²) in [6, 6.07) is 11.1. The monoisotopic (exact) mass is 342 g/mol. The molecule has 1 amide bonds. The van der Waals surface area contributed by atoms with Crippen LogP contribution < -0.4 is 10.1 Å². The molecule has 1 aromatic heterocycles. The van der Waals surface area contributed by atoms with E-state index in [2.05, 4.69) is 10.3 Å². The SMILES string of the molecule is Cc1ccc(F)cc1NC(=O)c1ccc(OCc2cscn2)cc1. The molecule has 1 N–H and O–H groups in total. The fourth-order valence-electron chi connectivity index (χ4n) is 2.09. The summed E-state index contributed by atoms with van der Waals surface area (Å²) in [5.74, 6) is -0.0297. The number of rotatable bonds is 5. The predicted molar refractivity (Wildman–Crippen MR) is 92.0 cm³/mol. The van der Waals surface area contributed by atoms with Crippen LogP contribution in [0.5, 0.6) is 5.75 Å². The number of benzene rings is 2. The van der Waals surface area contributed by atoms with Gasteiger partial charge in [0.1, 0.15) is 18.2 Å². The van der Waals surface area contributed by atoms with Gasteiger partial charge in [-0.3, -0.25) is 4.79 Å². The number of aromatic nitrogens is 1. The number of hydrogen-bond acceptors (Lipinski definition) is 4. The van der Waals surface area contributed by atoms with Crippen LogP contribution in [0.4, 0.5) is 10.1 Å². The Balaban J connectivity index is 1.64. The summed E-state index contributed by atoms with van der Waals surface area (Å²) in [7, 11) is 0. The number of ether oxygens (including phenoxy) is 1. The molecule has 0 fully saturated rings. The zero-order valence-electron chi connectivity index (χ0n) is 13.0. The summed E-state index contributed by atoms with van der Waals surface area (Å²) in [4.78, 5) is 16.4. The first-order chi connectivity index (χ1) is 11.6. The van der Waals surface area contributed by atoms with Crippen LogP contribution in [-0.2, 0) is 6.61 Å². The number of amides is 1. The highest BCUT2D eigenvalue weighted by Gasteiger charge is 2.09. The van der Waals surface area contributed by atoms with Gasteiger partial charge >= 0.3 is 0 Å². The van der Waals surface area contributed by atoms with E-state index in [4.69, 9.17) is 4.74 Å². The van der Waals surface area contributed by atoms with Crippen molar-refractivity contribution in [1.29, 1.82) is 0 Å². The van der Waals surface area contributed by atoms with E-state index in [1.54, 1.807) is 35.8 Å². The van der Waals surface area contributed by atoms with Crippen molar-refractivity contribution in [3.8, 4) is 5.75 Å². The van der Waals surface area contributed by atoms with E-state index in [-0.39, 0.29) is 11.7 Å². The average molecular weight is 342 g/mol. The van der Waals surface area contributed by atoms with Gasteiger partial charge in [-0.1, -0.05) is 6.07 Å². The lowest BCUT2D eigenvalue weighted by molar-refractivity contribution is 0.102. The second-order valence-corrected chi connectivity index (χ2v) is 5.92. The molecule has 0 radical (unpaired) electrons. The molecule has 3 rings (SSSR count). The van der Waals surface area contributed by atoms with Crippen molar-refractivity contribution in [3.63, 3.8) is 0 Å². The number of halogens is 1. The molecule has 0 spiro atoms. The van der Waals surface area contributed by atoms with E-state index in [9.17, 15) is 9.18 Å². The molecule has 0 unspecified atom stereocenters. The lowest BCUT2D eigenvalue weighted by Crippen LogP contribution is -2.12. The first-order valence-electron chi connectivity index (χ1n) is 7.29.